The van der Waals surface area contributed by atoms with Gasteiger partial charge in [0.1, 0.15) is 6.04 Å². The second-order valence-corrected chi connectivity index (χ2v) is 3.17. The molecule has 88 valence electrons. The van der Waals surface area contributed by atoms with Crippen molar-refractivity contribution >= 4 is 24.2 Å². The fraction of sp³-hybridized carbons (Fsp3) is 0.750. The van der Waals surface area contributed by atoms with E-state index in [4.69, 9.17) is 10.5 Å². The van der Waals surface area contributed by atoms with Gasteiger partial charge in [-0.15, -0.1) is 12.4 Å². The Morgan fingerprint density at radius 1 is 1.73 bits per heavy atom. The minimum atomic E-state index is -0.675. The van der Waals surface area contributed by atoms with Crippen molar-refractivity contribution < 1.29 is 14.3 Å². The summed E-state index contributed by atoms with van der Waals surface area (Å²) in [5, 5.41) is 2.63. The molecule has 0 bridgehead atoms. The van der Waals surface area contributed by atoms with E-state index in [1.54, 1.807) is 0 Å². The summed E-state index contributed by atoms with van der Waals surface area (Å²) in [6, 6.07) is -0.675. The number of methoxy groups -OCH3 is 1. The number of hydrogen-bond acceptors (Lipinski definition) is 4. The van der Waals surface area contributed by atoms with Crippen LogP contribution in [0.4, 0.5) is 0 Å². The van der Waals surface area contributed by atoms with Gasteiger partial charge >= 0.3 is 0 Å². The van der Waals surface area contributed by atoms with Crippen molar-refractivity contribution in [1.29, 1.82) is 0 Å². The van der Waals surface area contributed by atoms with E-state index >= 15 is 0 Å². The molecule has 3 N–H and O–H groups in total. The first-order chi connectivity index (χ1) is 6.65. The number of carbonyl (C=O) groups excluding carboxylic acids is 2. The van der Waals surface area contributed by atoms with Gasteiger partial charge in [0.15, 0.2) is 0 Å². The van der Waals surface area contributed by atoms with Crippen LogP contribution in [0.2, 0.25) is 0 Å². The summed E-state index contributed by atoms with van der Waals surface area (Å²) in [6.45, 7) is 1.28. The SMILES string of the molecule is COCC(N)C(=O)N1CCNC(=O)C1.Cl. The van der Waals surface area contributed by atoms with Gasteiger partial charge in [-0.25, -0.2) is 0 Å². The zero-order valence-electron chi connectivity index (χ0n) is 8.56. The Balaban J connectivity index is 0.00000196. The highest BCUT2D eigenvalue weighted by Crippen LogP contribution is 1.97. The standard InChI is InChI=1S/C8H15N3O3.ClH/c1-14-5-6(9)8(13)11-3-2-10-7(12)4-11;/h6H,2-5,9H2,1H3,(H,10,12);1H. The first-order valence-electron chi connectivity index (χ1n) is 4.45. The summed E-state index contributed by atoms with van der Waals surface area (Å²) >= 11 is 0. The topological polar surface area (TPSA) is 84.7 Å². The van der Waals surface area contributed by atoms with Gasteiger partial charge < -0.3 is 20.7 Å². The van der Waals surface area contributed by atoms with Gasteiger partial charge in [0, 0.05) is 20.2 Å². The Kier molecular flexibility index (Phi) is 6.23. The van der Waals surface area contributed by atoms with Crippen LogP contribution in [0.15, 0.2) is 0 Å². The third-order valence-corrected chi connectivity index (χ3v) is 2.01. The Hall–Kier alpha value is -0.850. The maximum Gasteiger partial charge on any atom is 0.242 e. The molecule has 0 aliphatic carbocycles. The highest BCUT2D eigenvalue weighted by molar-refractivity contribution is 5.88. The van der Waals surface area contributed by atoms with E-state index in [0.717, 1.165) is 0 Å². The number of nitrogens with two attached hydrogens (primary N) is 1. The molecule has 0 saturated carbocycles. The van der Waals surface area contributed by atoms with Crippen LogP contribution in [-0.4, -0.2) is 56.1 Å². The van der Waals surface area contributed by atoms with Gasteiger partial charge in [0.2, 0.25) is 11.8 Å². The van der Waals surface area contributed by atoms with Crippen molar-refractivity contribution in [2.75, 3.05) is 33.4 Å². The number of nitrogens with one attached hydrogen (secondary N) is 1. The molecule has 1 aliphatic rings. The van der Waals surface area contributed by atoms with Crippen molar-refractivity contribution in [3.8, 4) is 0 Å². The molecule has 1 unspecified atom stereocenters. The predicted octanol–water partition coefficient (Wildman–Crippen LogP) is -1.66. The zero-order valence-corrected chi connectivity index (χ0v) is 9.38. The second kappa shape index (κ2) is 6.60. The molecule has 6 nitrogen and oxygen atoms in total. The summed E-state index contributed by atoms with van der Waals surface area (Å²) in [6.07, 6.45) is 0. The first-order valence-corrected chi connectivity index (χ1v) is 4.45. The second-order valence-electron chi connectivity index (χ2n) is 3.17. The Morgan fingerprint density at radius 2 is 2.40 bits per heavy atom. The third-order valence-electron chi connectivity index (χ3n) is 2.01. The molecule has 1 aliphatic heterocycles. The van der Waals surface area contributed by atoms with Crippen molar-refractivity contribution in [3.05, 3.63) is 0 Å². The maximum atomic E-state index is 11.6. The molecule has 15 heavy (non-hydrogen) atoms. The van der Waals surface area contributed by atoms with E-state index in [1.807, 2.05) is 0 Å². The monoisotopic (exact) mass is 237 g/mol. The lowest BCUT2D eigenvalue weighted by atomic mass is 10.2. The van der Waals surface area contributed by atoms with Crippen LogP contribution in [0.5, 0.6) is 0 Å². The molecule has 0 aromatic rings. The molecular formula is C8H16ClN3O3. The summed E-state index contributed by atoms with van der Waals surface area (Å²) in [7, 11) is 1.48. The van der Waals surface area contributed by atoms with E-state index in [2.05, 4.69) is 5.32 Å². The summed E-state index contributed by atoms with van der Waals surface area (Å²) in [5.74, 6) is -0.379. The number of ether oxygens (including phenoxy) is 1. The molecule has 0 spiro atoms. The Bertz CT molecular complexity index is 237. The number of rotatable bonds is 3. The normalized spacial score (nSPS) is 17.7. The minimum Gasteiger partial charge on any atom is -0.383 e. The van der Waals surface area contributed by atoms with E-state index in [9.17, 15) is 9.59 Å². The first kappa shape index (κ1) is 14.2. The van der Waals surface area contributed by atoms with Crippen molar-refractivity contribution in [3.63, 3.8) is 0 Å². The zero-order chi connectivity index (χ0) is 10.6. The molecule has 0 aromatic carbocycles. The fourth-order valence-corrected chi connectivity index (χ4v) is 1.31. The third kappa shape index (κ3) is 4.03. The molecule has 1 heterocycles. The van der Waals surface area contributed by atoms with Crippen molar-refractivity contribution in [1.82, 2.24) is 10.2 Å². The number of halogens is 1. The number of nitrogens with zero attached hydrogens (tertiary/aromatic N) is 1. The van der Waals surface area contributed by atoms with Gasteiger partial charge in [0.25, 0.3) is 0 Å². The summed E-state index contributed by atoms with van der Waals surface area (Å²) in [4.78, 5) is 24.0. The fourth-order valence-electron chi connectivity index (χ4n) is 1.31. The molecule has 2 amide bonds. The van der Waals surface area contributed by atoms with E-state index in [-0.39, 0.29) is 37.4 Å². The number of amides is 2. The van der Waals surface area contributed by atoms with Gasteiger partial charge in [-0.2, -0.15) is 0 Å². The minimum absolute atomic E-state index is 0. The van der Waals surface area contributed by atoms with E-state index in [1.165, 1.54) is 12.0 Å². The van der Waals surface area contributed by atoms with Crippen molar-refractivity contribution in [2.24, 2.45) is 5.73 Å². The van der Waals surface area contributed by atoms with Crippen LogP contribution >= 0.6 is 12.4 Å². The van der Waals surface area contributed by atoms with Crippen LogP contribution < -0.4 is 11.1 Å². The lowest BCUT2D eigenvalue weighted by molar-refractivity contribution is -0.140. The molecule has 1 rings (SSSR count). The summed E-state index contributed by atoms with van der Waals surface area (Å²) < 4.78 is 4.77. The molecule has 1 saturated heterocycles. The molecule has 7 heteroatoms. The van der Waals surface area contributed by atoms with Gasteiger partial charge in [-0.3, -0.25) is 9.59 Å². The van der Waals surface area contributed by atoms with Gasteiger partial charge in [-0.1, -0.05) is 0 Å². The Labute approximate surface area is 94.5 Å². The highest BCUT2D eigenvalue weighted by atomic mass is 35.5. The average molecular weight is 238 g/mol. The average Bonchev–Trinajstić information content (AvgIpc) is 2.17. The molecule has 1 fully saturated rings. The Morgan fingerprint density at radius 3 is 2.93 bits per heavy atom. The van der Waals surface area contributed by atoms with E-state index < -0.39 is 6.04 Å². The van der Waals surface area contributed by atoms with Gasteiger partial charge in [0.05, 0.1) is 13.2 Å². The largest absolute Gasteiger partial charge is 0.383 e. The quantitative estimate of drug-likeness (QED) is 0.616. The molecule has 1 atom stereocenters. The predicted molar refractivity (Wildman–Crippen MR) is 56.7 cm³/mol. The lowest BCUT2D eigenvalue weighted by Gasteiger charge is -2.28. The van der Waals surface area contributed by atoms with Crippen LogP contribution in [0.3, 0.4) is 0 Å². The van der Waals surface area contributed by atoms with Crippen LogP contribution in [-0.2, 0) is 14.3 Å². The summed E-state index contributed by atoms with van der Waals surface area (Å²) in [5.41, 5.74) is 5.56. The number of carbonyl (C=O) groups is 2. The molecule has 0 aromatic heterocycles. The highest BCUT2D eigenvalue weighted by Gasteiger charge is 2.25. The van der Waals surface area contributed by atoms with Crippen LogP contribution in [0.25, 0.3) is 0 Å². The molecule has 0 radical (unpaired) electrons. The maximum absolute atomic E-state index is 11.6. The molecular weight excluding hydrogens is 222 g/mol. The number of hydrogen-bond donors (Lipinski definition) is 2. The lowest BCUT2D eigenvalue weighted by Crippen LogP contribution is -2.55. The number of piperazine rings is 1. The van der Waals surface area contributed by atoms with Crippen LogP contribution in [0.1, 0.15) is 0 Å². The van der Waals surface area contributed by atoms with Crippen molar-refractivity contribution in [2.45, 2.75) is 6.04 Å². The van der Waals surface area contributed by atoms with E-state index in [0.29, 0.717) is 13.1 Å². The smallest absolute Gasteiger partial charge is 0.242 e. The van der Waals surface area contributed by atoms with Gasteiger partial charge in [-0.05, 0) is 0 Å². The van der Waals surface area contributed by atoms with Crippen LogP contribution in [0, 0.1) is 0 Å².